The molecule has 2 atom stereocenters. The second-order valence-electron chi connectivity index (χ2n) is 6.88. The second kappa shape index (κ2) is 7.30. The lowest BCUT2D eigenvalue weighted by Gasteiger charge is -2.18. The van der Waals surface area contributed by atoms with Crippen molar-refractivity contribution in [3.63, 3.8) is 0 Å². The molecular formula is C19H21FN4O3. The number of rotatable bonds is 4. The number of nitrogens with zero attached hydrogens (tertiary/aromatic N) is 4. The van der Waals surface area contributed by atoms with Crippen molar-refractivity contribution in [3.05, 3.63) is 53.1 Å². The lowest BCUT2D eigenvalue weighted by atomic mass is 9.89. The predicted octanol–water partition coefficient (Wildman–Crippen LogP) is 1.93. The molecular weight excluding hydrogens is 351 g/mol. The summed E-state index contributed by atoms with van der Waals surface area (Å²) < 4.78 is 13.6. The number of aliphatic carboxylic acids is 1. The first kappa shape index (κ1) is 18.8. The van der Waals surface area contributed by atoms with E-state index in [9.17, 15) is 19.1 Å². The third-order valence-corrected chi connectivity index (χ3v) is 4.80. The molecule has 1 aromatic heterocycles. The third-order valence-electron chi connectivity index (χ3n) is 4.80. The highest BCUT2D eigenvalue weighted by Gasteiger charge is 2.41. The van der Waals surface area contributed by atoms with Crippen LogP contribution in [0.5, 0.6) is 0 Å². The Kier molecular flexibility index (Phi) is 5.07. The maximum absolute atomic E-state index is 13.6. The van der Waals surface area contributed by atoms with Crippen molar-refractivity contribution in [1.82, 2.24) is 14.9 Å². The van der Waals surface area contributed by atoms with Crippen molar-refractivity contribution >= 4 is 17.8 Å². The number of hydrogen-bond donors (Lipinski definition) is 1. The van der Waals surface area contributed by atoms with E-state index in [-0.39, 0.29) is 19.0 Å². The van der Waals surface area contributed by atoms with E-state index in [4.69, 9.17) is 0 Å². The third kappa shape index (κ3) is 3.74. The first-order valence-corrected chi connectivity index (χ1v) is 8.56. The molecule has 2 aromatic rings. The summed E-state index contributed by atoms with van der Waals surface area (Å²) in [5.41, 5.74) is 1.44. The van der Waals surface area contributed by atoms with Gasteiger partial charge in [-0.25, -0.2) is 14.4 Å². The summed E-state index contributed by atoms with van der Waals surface area (Å²) in [6.07, 6.45) is 1.46. The van der Waals surface area contributed by atoms with Crippen molar-refractivity contribution in [3.8, 4) is 0 Å². The molecule has 1 aliphatic rings. The maximum atomic E-state index is 13.6. The van der Waals surface area contributed by atoms with Gasteiger partial charge in [0.15, 0.2) is 0 Å². The second-order valence-corrected chi connectivity index (χ2v) is 6.88. The average Bonchev–Trinajstić information content (AvgIpc) is 3.06. The lowest BCUT2D eigenvalue weighted by molar-refractivity contribution is -0.141. The smallest absolute Gasteiger partial charge is 0.308 e. The van der Waals surface area contributed by atoms with Gasteiger partial charge in [0.1, 0.15) is 5.82 Å². The van der Waals surface area contributed by atoms with Gasteiger partial charge in [-0.15, -0.1) is 0 Å². The van der Waals surface area contributed by atoms with Crippen LogP contribution in [-0.4, -0.2) is 59.0 Å². The van der Waals surface area contributed by atoms with Crippen molar-refractivity contribution in [2.24, 2.45) is 5.92 Å². The Bertz CT molecular complexity index is 887. The highest BCUT2D eigenvalue weighted by Crippen LogP contribution is 2.34. The minimum atomic E-state index is -1.00. The molecule has 1 aliphatic heterocycles. The van der Waals surface area contributed by atoms with Crippen molar-refractivity contribution in [2.45, 2.75) is 12.8 Å². The summed E-state index contributed by atoms with van der Waals surface area (Å²) in [6.45, 7) is 1.98. The van der Waals surface area contributed by atoms with Gasteiger partial charge in [0.25, 0.3) is 5.91 Å². The Morgan fingerprint density at radius 3 is 2.63 bits per heavy atom. The molecule has 27 heavy (non-hydrogen) atoms. The van der Waals surface area contributed by atoms with Gasteiger partial charge >= 0.3 is 5.97 Å². The van der Waals surface area contributed by atoms with Gasteiger partial charge in [-0.2, -0.15) is 0 Å². The first-order chi connectivity index (χ1) is 12.8. The van der Waals surface area contributed by atoms with Gasteiger partial charge < -0.3 is 14.9 Å². The first-order valence-electron chi connectivity index (χ1n) is 8.56. The number of carbonyl (C=O) groups is 2. The molecule has 0 aliphatic carbocycles. The molecule has 1 fully saturated rings. The molecule has 142 valence electrons. The fourth-order valence-corrected chi connectivity index (χ4v) is 3.35. The van der Waals surface area contributed by atoms with Gasteiger partial charge in [0.05, 0.1) is 17.2 Å². The SMILES string of the molecule is Cc1nc(N(C)C)ncc1C(=O)N1CC(C(=O)O)C(c2cccc(F)c2)C1. The quantitative estimate of drug-likeness (QED) is 0.883. The van der Waals surface area contributed by atoms with Gasteiger partial charge in [0.2, 0.25) is 5.95 Å². The molecule has 0 bridgehead atoms. The molecule has 2 heterocycles. The van der Waals surface area contributed by atoms with Gasteiger partial charge in [0, 0.05) is 39.3 Å². The van der Waals surface area contributed by atoms with E-state index >= 15 is 0 Å². The van der Waals surface area contributed by atoms with E-state index in [1.807, 2.05) is 0 Å². The summed E-state index contributed by atoms with van der Waals surface area (Å²) in [7, 11) is 3.61. The van der Waals surface area contributed by atoms with E-state index < -0.39 is 23.6 Å². The highest BCUT2D eigenvalue weighted by atomic mass is 19.1. The number of halogens is 1. The number of anilines is 1. The van der Waals surface area contributed by atoms with Crippen LogP contribution in [0, 0.1) is 18.7 Å². The Labute approximate surface area is 156 Å². The van der Waals surface area contributed by atoms with Crippen LogP contribution in [0.4, 0.5) is 10.3 Å². The number of amides is 1. The molecule has 1 saturated heterocycles. The number of carbonyl (C=O) groups excluding carboxylic acids is 1. The number of aromatic nitrogens is 2. The molecule has 7 nitrogen and oxygen atoms in total. The standard InChI is InChI=1S/C19H21FN4O3/c1-11-14(8-21-19(22-11)23(2)3)17(25)24-9-15(16(10-24)18(26)27)12-5-4-6-13(20)7-12/h4-8,15-16H,9-10H2,1-3H3,(H,26,27). The lowest BCUT2D eigenvalue weighted by Crippen LogP contribution is -2.31. The zero-order valence-electron chi connectivity index (χ0n) is 15.4. The zero-order valence-corrected chi connectivity index (χ0v) is 15.4. The Morgan fingerprint density at radius 1 is 1.30 bits per heavy atom. The summed E-state index contributed by atoms with van der Waals surface area (Å²) in [5.74, 6) is -2.52. The molecule has 8 heteroatoms. The summed E-state index contributed by atoms with van der Waals surface area (Å²) in [4.78, 5) is 36.3. The van der Waals surface area contributed by atoms with E-state index in [1.165, 1.54) is 23.2 Å². The normalized spacial score (nSPS) is 19.2. The Balaban J connectivity index is 1.87. The fraction of sp³-hybridized carbons (Fsp3) is 0.368. The monoisotopic (exact) mass is 372 g/mol. The van der Waals surface area contributed by atoms with Crippen LogP contribution in [0.3, 0.4) is 0 Å². The Hall–Kier alpha value is -3.03. The summed E-state index contributed by atoms with van der Waals surface area (Å²) in [5, 5.41) is 9.57. The zero-order chi connectivity index (χ0) is 19.7. The van der Waals surface area contributed by atoms with Crippen LogP contribution in [0.25, 0.3) is 0 Å². The number of likely N-dealkylation sites (tertiary alicyclic amines) is 1. The summed E-state index contributed by atoms with van der Waals surface area (Å²) in [6, 6.07) is 5.88. The largest absolute Gasteiger partial charge is 0.481 e. The minimum absolute atomic E-state index is 0.0597. The molecule has 0 saturated carbocycles. The molecule has 2 unspecified atom stereocenters. The molecule has 0 spiro atoms. The van der Waals surface area contributed by atoms with Crippen molar-refractivity contribution < 1.29 is 19.1 Å². The van der Waals surface area contributed by atoms with Crippen LogP contribution in [0.1, 0.15) is 27.5 Å². The van der Waals surface area contributed by atoms with Crippen LogP contribution < -0.4 is 4.90 Å². The van der Waals surface area contributed by atoms with Crippen molar-refractivity contribution in [2.75, 3.05) is 32.1 Å². The molecule has 3 rings (SSSR count). The Morgan fingerprint density at radius 2 is 2.04 bits per heavy atom. The maximum Gasteiger partial charge on any atom is 0.308 e. The van der Waals surface area contributed by atoms with Gasteiger partial charge in [-0.1, -0.05) is 12.1 Å². The average molecular weight is 372 g/mol. The fourth-order valence-electron chi connectivity index (χ4n) is 3.35. The molecule has 1 amide bonds. The number of aryl methyl sites for hydroxylation is 1. The van der Waals surface area contributed by atoms with Crippen molar-refractivity contribution in [1.29, 1.82) is 0 Å². The van der Waals surface area contributed by atoms with Gasteiger partial charge in [-0.3, -0.25) is 9.59 Å². The topological polar surface area (TPSA) is 86.6 Å². The van der Waals surface area contributed by atoms with Crippen LogP contribution in [0.2, 0.25) is 0 Å². The minimum Gasteiger partial charge on any atom is -0.481 e. The predicted molar refractivity (Wildman–Crippen MR) is 97.3 cm³/mol. The van der Waals surface area contributed by atoms with E-state index in [0.29, 0.717) is 22.8 Å². The number of carboxylic acids is 1. The van der Waals surface area contributed by atoms with Crippen LogP contribution in [-0.2, 0) is 4.79 Å². The van der Waals surface area contributed by atoms with Gasteiger partial charge in [-0.05, 0) is 24.6 Å². The molecule has 1 N–H and O–H groups in total. The van der Waals surface area contributed by atoms with E-state index in [2.05, 4.69) is 9.97 Å². The van der Waals surface area contributed by atoms with Crippen LogP contribution in [0.15, 0.2) is 30.5 Å². The van der Waals surface area contributed by atoms with E-state index in [0.717, 1.165) is 0 Å². The number of benzene rings is 1. The van der Waals surface area contributed by atoms with E-state index in [1.54, 1.807) is 38.1 Å². The molecule has 0 radical (unpaired) electrons. The summed E-state index contributed by atoms with van der Waals surface area (Å²) >= 11 is 0. The number of carboxylic acid groups (broad SMARTS) is 1. The van der Waals surface area contributed by atoms with Crippen LogP contribution >= 0.6 is 0 Å². The number of hydrogen-bond acceptors (Lipinski definition) is 5. The highest BCUT2D eigenvalue weighted by molar-refractivity contribution is 5.95. The molecule has 1 aromatic carbocycles.